The molecule has 2 aromatic rings. The molecule has 0 amide bonds. The number of aliphatic hydroxyl groups is 1. The van der Waals surface area contributed by atoms with Crippen molar-refractivity contribution in [3.05, 3.63) is 47.8 Å². The van der Waals surface area contributed by atoms with Crippen LogP contribution in [0.15, 0.2) is 36.5 Å². The van der Waals surface area contributed by atoms with E-state index in [0.29, 0.717) is 13.1 Å². The van der Waals surface area contributed by atoms with Crippen molar-refractivity contribution in [2.75, 3.05) is 20.2 Å². The van der Waals surface area contributed by atoms with Crippen molar-refractivity contribution in [1.82, 2.24) is 14.7 Å². The normalized spacial score (nSPS) is 13.3. The van der Waals surface area contributed by atoms with E-state index in [9.17, 15) is 18.3 Å². The molecule has 0 aliphatic heterocycles. The average Bonchev–Trinajstić information content (AvgIpc) is 2.90. The summed E-state index contributed by atoms with van der Waals surface area (Å²) in [5.74, 6) is 0.288. The van der Waals surface area contributed by atoms with Crippen molar-refractivity contribution in [2.24, 2.45) is 7.05 Å². The van der Waals surface area contributed by atoms with Crippen LogP contribution in [0.1, 0.15) is 11.3 Å². The van der Waals surface area contributed by atoms with E-state index in [1.807, 2.05) is 25.1 Å². The smallest absolute Gasteiger partial charge is 0.416 e. The Morgan fingerprint density at radius 2 is 1.92 bits per heavy atom. The first kappa shape index (κ1) is 18.3. The molecule has 1 heterocycles. The summed E-state index contributed by atoms with van der Waals surface area (Å²) in [5.41, 5.74) is 0.277. The van der Waals surface area contributed by atoms with Crippen LogP contribution in [0.3, 0.4) is 0 Å². The Kier molecular flexibility index (Phi) is 5.84. The van der Waals surface area contributed by atoms with Gasteiger partial charge in [-0.05, 0) is 37.4 Å². The summed E-state index contributed by atoms with van der Waals surface area (Å²) >= 11 is 0. The highest BCUT2D eigenvalue weighted by atomic mass is 19.4. The Morgan fingerprint density at radius 3 is 2.46 bits per heavy atom. The first-order chi connectivity index (χ1) is 11.3. The molecule has 0 aliphatic rings. The molecular formula is C16H20F3N3O2. The lowest BCUT2D eigenvalue weighted by Crippen LogP contribution is -2.33. The number of hydrogen-bond donors (Lipinski definition) is 1. The van der Waals surface area contributed by atoms with Crippen LogP contribution in [-0.2, 0) is 19.8 Å². The molecule has 1 aromatic carbocycles. The van der Waals surface area contributed by atoms with Crippen molar-refractivity contribution in [3.63, 3.8) is 0 Å². The van der Waals surface area contributed by atoms with Gasteiger partial charge in [0.2, 0.25) is 0 Å². The summed E-state index contributed by atoms with van der Waals surface area (Å²) in [6, 6.07) is 6.29. The fraction of sp³-hybridized carbons (Fsp3) is 0.438. The van der Waals surface area contributed by atoms with Crippen molar-refractivity contribution in [1.29, 1.82) is 0 Å². The van der Waals surface area contributed by atoms with Gasteiger partial charge < -0.3 is 9.84 Å². The van der Waals surface area contributed by atoms with Crippen LogP contribution in [0, 0.1) is 0 Å². The Hall–Kier alpha value is -2.06. The molecular weight excluding hydrogens is 323 g/mol. The Morgan fingerprint density at radius 1 is 1.25 bits per heavy atom. The summed E-state index contributed by atoms with van der Waals surface area (Å²) in [7, 11) is 3.70. The quantitative estimate of drug-likeness (QED) is 0.838. The van der Waals surface area contributed by atoms with Crippen LogP contribution in [0.2, 0.25) is 0 Å². The highest BCUT2D eigenvalue weighted by Crippen LogP contribution is 2.30. The van der Waals surface area contributed by atoms with Crippen LogP contribution >= 0.6 is 0 Å². The second-order valence-electron chi connectivity index (χ2n) is 5.63. The second kappa shape index (κ2) is 7.67. The molecule has 1 unspecified atom stereocenters. The van der Waals surface area contributed by atoms with Gasteiger partial charge in [-0.15, -0.1) is 0 Å². The summed E-state index contributed by atoms with van der Waals surface area (Å²) in [4.78, 5) is 1.91. The highest BCUT2D eigenvalue weighted by molar-refractivity contribution is 5.28. The zero-order valence-electron chi connectivity index (χ0n) is 13.5. The molecule has 1 N–H and O–H groups in total. The van der Waals surface area contributed by atoms with E-state index in [-0.39, 0.29) is 12.4 Å². The van der Waals surface area contributed by atoms with Crippen molar-refractivity contribution >= 4 is 0 Å². The van der Waals surface area contributed by atoms with Gasteiger partial charge in [-0.2, -0.15) is 18.3 Å². The number of likely N-dealkylation sites (N-methyl/N-ethyl adjacent to an activating group) is 1. The minimum Gasteiger partial charge on any atom is -0.491 e. The van der Waals surface area contributed by atoms with E-state index in [0.717, 1.165) is 17.8 Å². The molecule has 1 aromatic heterocycles. The molecule has 24 heavy (non-hydrogen) atoms. The third-order valence-electron chi connectivity index (χ3n) is 3.50. The lowest BCUT2D eigenvalue weighted by molar-refractivity contribution is -0.137. The molecule has 0 spiro atoms. The van der Waals surface area contributed by atoms with Crippen molar-refractivity contribution < 1.29 is 23.0 Å². The second-order valence-corrected chi connectivity index (χ2v) is 5.63. The predicted molar refractivity (Wildman–Crippen MR) is 82.5 cm³/mol. The molecule has 0 fully saturated rings. The molecule has 0 bridgehead atoms. The SMILES string of the molecule is CN(Cc1ccnn1C)CC(O)COc1ccc(C(F)(F)F)cc1. The first-order valence-corrected chi connectivity index (χ1v) is 7.39. The van der Waals surface area contributed by atoms with E-state index in [4.69, 9.17) is 4.74 Å². The summed E-state index contributed by atoms with van der Waals surface area (Å²) in [6.45, 7) is 0.987. The number of benzene rings is 1. The topological polar surface area (TPSA) is 50.5 Å². The fourth-order valence-electron chi connectivity index (χ4n) is 2.24. The molecule has 1 atom stereocenters. The van der Waals surface area contributed by atoms with Crippen molar-refractivity contribution in [3.8, 4) is 5.75 Å². The predicted octanol–water partition coefficient (Wildman–Crippen LogP) is 2.31. The summed E-state index contributed by atoms with van der Waals surface area (Å²) in [6.07, 6.45) is -3.43. The van der Waals surface area contributed by atoms with Gasteiger partial charge in [0.15, 0.2) is 0 Å². The van der Waals surface area contributed by atoms with Gasteiger partial charge in [-0.3, -0.25) is 9.58 Å². The number of hydrogen-bond acceptors (Lipinski definition) is 4. The Balaban J connectivity index is 1.78. The zero-order chi connectivity index (χ0) is 17.7. The Bertz CT molecular complexity index is 641. The number of alkyl halides is 3. The third-order valence-corrected chi connectivity index (χ3v) is 3.50. The monoisotopic (exact) mass is 343 g/mol. The molecule has 132 valence electrons. The molecule has 0 saturated heterocycles. The molecule has 2 rings (SSSR count). The van der Waals surface area contributed by atoms with E-state index < -0.39 is 17.8 Å². The van der Waals surface area contributed by atoms with Crippen LogP contribution in [0.25, 0.3) is 0 Å². The largest absolute Gasteiger partial charge is 0.491 e. The average molecular weight is 343 g/mol. The first-order valence-electron chi connectivity index (χ1n) is 7.39. The number of halogens is 3. The molecule has 0 saturated carbocycles. The lowest BCUT2D eigenvalue weighted by Gasteiger charge is -2.20. The maximum Gasteiger partial charge on any atom is 0.416 e. The number of nitrogens with zero attached hydrogens (tertiary/aromatic N) is 3. The van der Waals surface area contributed by atoms with E-state index in [2.05, 4.69) is 5.10 Å². The number of aryl methyl sites for hydroxylation is 1. The van der Waals surface area contributed by atoms with Gasteiger partial charge in [0.1, 0.15) is 18.5 Å². The number of aromatic nitrogens is 2. The van der Waals surface area contributed by atoms with Crippen LogP contribution in [0.5, 0.6) is 5.75 Å². The number of aliphatic hydroxyl groups excluding tert-OH is 1. The summed E-state index contributed by atoms with van der Waals surface area (Å²) in [5, 5.41) is 14.1. The van der Waals surface area contributed by atoms with E-state index in [1.54, 1.807) is 10.9 Å². The van der Waals surface area contributed by atoms with Gasteiger partial charge in [-0.25, -0.2) is 0 Å². The fourth-order valence-corrected chi connectivity index (χ4v) is 2.24. The van der Waals surface area contributed by atoms with Gasteiger partial charge in [0.25, 0.3) is 0 Å². The number of ether oxygens (including phenoxy) is 1. The number of rotatable bonds is 7. The molecule has 0 aliphatic carbocycles. The third kappa shape index (κ3) is 5.24. The molecule has 8 heteroatoms. The zero-order valence-corrected chi connectivity index (χ0v) is 13.5. The molecule has 5 nitrogen and oxygen atoms in total. The van der Waals surface area contributed by atoms with Crippen LogP contribution < -0.4 is 4.74 Å². The van der Waals surface area contributed by atoms with Gasteiger partial charge in [0.05, 0.1) is 11.3 Å². The molecule has 0 radical (unpaired) electrons. The standard InChI is InChI=1S/C16H20F3N3O2/c1-21(9-13-7-8-20-22(13)2)10-14(23)11-24-15-5-3-12(4-6-15)16(17,18)19/h3-8,14,23H,9-11H2,1-2H3. The van der Waals surface area contributed by atoms with Gasteiger partial charge >= 0.3 is 6.18 Å². The minimum absolute atomic E-state index is 0.00108. The minimum atomic E-state index is -4.37. The van der Waals surface area contributed by atoms with Crippen molar-refractivity contribution in [2.45, 2.75) is 18.8 Å². The maximum atomic E-state index is 12.5. The van der Waals surface area contributed by atoms with Gasteiger partial charge in [-0.1, -0.05) is 0 Å². The lowest BCUT2D eigenvalue weighted by atomic mass is 10.2. The summed E-state index contributed by atoms with van der Waals surface area (Å²) < 4.78 is 44.5. The van der Waals surface area contributed by atoms with E-state index >= 15 is 0 Å². The Labute approximate surface area is 138 Å². The maximum absolute atomic E-state index is 12.5. The van der Waals surface area contributed by atoms with Crippen LogP contribution in [0.4, 0.5) is 13.2 Å². The highest BCUT2D eigenvalue weighted by Gasteiger charge is 2.30. The van der Waals surface area contributed by atoms with E-state index in [1.165, 1.54) is 12.1 Å². The van der Waals surface area contributed by atoms with Crippen LogP contribution in [-0.4, -0.2) is 46.1 Å². The van der Waals surface area contributed by atoms with Gasteiger partial charge in [0, 0.05) is 26.3 Å².